The Kier molecular flexibility index (Phi) is 4.63. The number of nitrogens with one attached hydrogen (secondary N) is 1. The predicted octanol–water partition coefficient (Wildman–Crippen LogP) is 3.86. The molecule has 0 radical (unpaired) electrons. The van der Waals surface area contributed by atoms with E-state index in [0.29, 0.717) is 18.0 Å². The maximum absolute atomic E-state index is 13.4. The van der Waals surface area contributed by atoms with Crippen LogP contribution < -0.4 is 5.32 Å². The molecule has 0 spiro atoms. The van der Waals surface area contributed by atoms with Gasteiger partial charge in [-0.3, -0.25) is 0 Å². The average Bonchev–Trinajstić information content (AvgIpc) is 2.44. The van der Waals surface area contributed by atoms with Crippen molar-refractivity contribution in [2.24, 2.45) is 0 Å². The zero-order chi connectivity index (χ0) is 13.7. The van der Waals surface area contributed by atoms with Gasteiger partial charge in [-0.1, -0.05) is 49.4 Å². The zero-order valence-corrected chi connectivity index (χ0v) is 10.9. The standard InChI is InChI=1S/C16H17F2N/c1-12(13-6-3-2-4-7-13)10-19-11-14-8-5-9-15(17)16(14)18/h2-9,12,19H,10-11H2,1H3. The molecule has 0 heterocycles. The van der Waals surface area contributed by atoms with E-state index in [1.165, 1.54) is 11.6 Å². The lowest BCUT2D eigenvalue weighted by atomic mass is 10.0. The van der Waals surface area contributed by atoms with Crippen LogP contribution in [0.3, 0.4) is 0 Å². The fraction of sp³-hybridized carbons (Fsp3) is 0.250. The van der Waals surface area contributed by atoms with Crippen molar-refractivity contribution >= 4 is 0 Å². The minimum absolute atomic E-state index is 0.331. The molecule has 0 bridgehead atoms. The van der Waals surface area contributed by atoms with Crippen LogP contribution in [0.1, 0.15) is 24.0 Å². The van der Waals surface area contributed by atoms with Gasteiger partial charge in [0.25, 0.3) is 0 Å². The Morgan fingerprint density at radius 1 is 1.00 bits per heavy atom. The molecular weight excluding hydrogens is 244 g/mol. The second kappa shape index (κ2) is 6.43. The van der Waals surface area contributed by atoms with Crippen molar-refractivity contribution in [3.63, 3.8) is 0 Å². The van der Waals surface area contributed by atoms with Gasteiger partial charge in [0.05, 0.1) is 0 Å². The van der Waals surface area contributed by atoms with Gasteiger partial charge in [-0.05, 0) is 17.5 Å². The highest BCUT2D eigenvalue weighted by Crippen LogP contribution is 2.14. The predicted molar refractivity (Wildman–Crippen MR) is 72.9 cm³/mol. The van der Waals surface area contributed by atoms with Gasteiger partial charge in [-0.25, -0.2) is 8.78 Å². The fourth-order valence-electron chi connectivity index (χ4n) is 2.01. The molecule has 2 rings (SSSR count). The van der Waals surface area contributed by atoms with Gasteiger partial charge in [0, 0.05) is 18.7 Å². The Hall–Kier alpha value is -1.74. The molecule has 0 fully saturated rings. The molecule has 0 aliphatic heterocycles. The van der Waals surface area contributed by atoms with Crippen LogP contribution in [0.2, 0.25) is 0 Å². The van der Waals surface area contributed by atoms with Crippen LogP contribution in [0, 0.1) is 11.6 Å². The summed E-state index contributed by atoms with van der Waals surface area (Å²) in [5.74, 6) is -1.23. The third kappa shape index (κ3) is 3.61. The highest BCUT2D eigenvalue weighted by atomic mass is 19.2. The van der Waals surface area contributed by atoms with Gasteiger partial charge < -0.3 is 5.32 Å². The molecule has 1 atom stereocenters. The third-order valence-corrected chi connectivity index (χ3v) is 3.17. The van der Waals surface area contributed by atoms with Gasteiger partial charge >= 0.3 is 0 Å². The lowest BCUT2D eigenvalue weighted by molar-refractivity contribution is 0.490. The smallest absolute Gasteiger partial charge is 0.163 e. The van der Waals surface area contributed by atoms with Crippen LogP contribution in [0.15, 0.2) is 48.5 Å². The van der Waals surface area contributed by atoms with Gasteiger partial charge in [0.1, 0.15) is 0 Å². The molecule has 3 heteroatoms. The number of halogens is 2. The number of hydrogen-bond acceptors (Lipinski definition) is 1. The van der Waals surface area contributed by atoms with Crippen LogP contribution in [0.4, 0.5) is 8.78 Å². The van der Waals surface area contributed by atoms with Crippen LogP contribution in [0.25, 0.3) is 0 Å². The second-order valence-electron chi connectivity index (χ2n) is 4.66. The van der Waals surface area contributed by atoms with E-state index < -0.39 is 11.6 Å². The molecule has 0 saturated heterocycles. The maximum atomic E-state index is 13.4. The molecular formula is C16H17F2N. The van der Waals surface area contributed by atoms with Crippen molar-refractivity contribution in [1.82, 2.24) is 5.32 Å². The molecule has 19 heavy (non-hydrogen) atoms. The van der Waals surface area contributed by atoms with E-state index in [1.807, 2.05) is 18.2 Å². The maximum Gasteiger partial charge on any atom is 0.163 e. The number of hydrogen-bond donors (Lipinski definition) is 1. The van der Waals surface area contributed by atoms with E-state index in [9.17, 15) is 8.78 Å². The highest BCUT2D eigenvalue weighted by Gasteiger charge is 2.08. The van der Waals surface area contributed by atoms with E-state index in [0.717, 1.165) is 12.6 Å². The first-order chi connectivity index (χ1) is 9.18. The van der Waals surface area contributed by atoms with E-state index in [4.69, 9.17) is 0 Å². The van der Waals surface area contributed by atoms with E-state index in [-0.39, 0.29) is 0 Å². The quantitative estimate of drug-likeness (QED) is 0.861. The molecule has 0 aliphatic rings. The molecule has 0 aliphatic carbocycles. The highest BCUT2D eigenvalue weighted by molar-refractivity contribution is 5.20. The molecule has 1 unspecified atom stereocenters. The molecule has 0 saturated carbocycles. The number of rotatable bonds is 5. The molecule has 1 N–H and O–H groups in total. The Balaban J connectivity index is 1.88. The van der Waals surface area contributed by atoms with Crippen LogP contribution in [0.5, 0.6) is 0 Å². The van der Waals surface area contributed by atoms with Crippen molar-refractivity contribution in [3.05, 3.63) is 71.3 Å². The summed E-state index contributed by atoms with van der Waals surface area (Å²) in [6, 6.07) is 14.4. The first-order valence-corrected chi connectivity index (χ1v) is 6.37. The minimum Gasteiger partial charge on any atom is -0.312 e. The lowest BCUT2D eigenvalue weighted by Crippen LogP contribution is -2.20. The summed E-state index contributed by atoms with van der Waals surface area (Å²) in [5, 5.41) is 3.16. The Morgan fingerprint density at radius 3 is 2.47 bits per heavy atom. The third-order valence-electron chi connectivity index (χ3n) is 3.17. The average molecular weight is 261 g/mol. The molecule has 1 nitrogen and oxygen atoms in total. The normalized spacial score (nSPS) is 12.4. The molecule has 100 valence electrons. The van der Waals surface area contributed by atoms with Crippen LogP contribution in [-0.4, -0.2) is 6.54 Å². The molecule has 0 amide bonds. The summed E-state index contributed by atoms with van der Waals surface area (Å²) in [4.78, 5) is 0. The summed E-state index contributed by atoms with van der Waals surface area (Å²) in [6.45, 7) is 3.16. The van der Waals surface area contributed by atoms with Gasteiger partial charge in [0.15, 0.2) is 11.6 Å². The van der Waals surface area contributed by atoms with Gasteiger partial charge in [-0.15, -0.1) is 0 Å². The van der Waals surface area contributed by atoms with Crippen molar-refractivity contribution in [3.8, 4) is 0 Å². The zero-order valence-electron chi connectivity index (χ0n) is 10.9. The van der Waals surface area contributed by atoms with Crippen molar-refractivity contribution in [2.45, 2.75) is 19.4 Å². The van der Waals surface area contributed by atoms with E-state index in [2.05, 4.69) is 24.4 Å². The minimum atomic E-state index is -0.796. The lowest BCUT2D eigenvalue weighted by Gasteiger charge is -2.13. The fourth-order valence-corrected chi connectivity index (χ4v) is 2.01. The SMILES string of the molecule is CC(CNCc1cccc(F)c1F)c1ccccc1. The molecule has 0 aromatic heterocycles. The monoisotopic (exact) mass is 261 g/mol. The van der Waals surface area contributed by atoms with Gasteiger partial charge in [0.2, 0.25) is 0 Å². The van der Waals surface area contributed by atoms with E-state index in [1.54, 1.807) is 6.07 Å². The van der Waals surface area contributed by atoms with E-state index >= 15 is 0 Å². The van der Waals surface area contributed by atoms with Crippen molar-refractivity contribution in [1.29, 1.82) is 0 Å². The van der Waals surface area contributed by atoms with Crippen molar-refractivity contribution in [2.75, 3.05) is 6.54 Å². The topological polar surface area (TPSA) is 12.0 Å². The van der Waals surface area contributed by atoms with Crippen LogP contribution in [-0.2, 0) is 6.54 Å². The van der Waals surface area contributed by atoms with Crippen molar-refractivity contribution < 1.29 is 8.78 Å². The molecule has 2 aromatic rings. The van der Waals surface area contributed by atoms with Crippen LogP contribution >= 0.6 is 0 Å². The summed E-state index contributed by atoms with van der Waals surface area (Å²) in [7, 11) is 0. The van der Waals surface area contributed by atoms with Gasteiger partial charge in [-0.2, -0.15) is 0 Å². The Labute approximate surface area is 112 Å². The largest absolute Gasteiger partial charge is 0.312 e. The summed E-state index contributed by atoms with van der Waals surface area (Å²) < 4.78 is 26.5. The first-order valence-electron chi connectivity index (χ1n) is 6.37. The summed E-state index contributed by atoms with van der Waals surface area (Å²) in [5.41, 5.74) is 1.59. The number of benzene rings is 2. The summed E-state index contributed by atoms with van der Waals surface area (Å²) in [6.07, 6.45) is 0. The Bertz CT molecular complexity index is 526. The first kappa shape index (κ1) is 13.7. The second-order valence-corrected chi connectivity index (χ2v) is 4.66. The molecule has 2 aromatic carbocycles. The Morgan fingerprint density at radius 2 is 1.74 bits per heavy atom. The summed E-state index contributed by atoms with van der Waals surface area (Å²) >= 11 is 0.